The smallest absolute Gasteiger partial charge is 0.312 e. The number of anilines is 1. The highest BCUT2D eigenvalue weighted by Crippen LogP contribution is 2.24. The summed E-state index contributed by atoms with van der Waals surface area (Å²) in [6.45, 7) is 1.73. The van der Waals surface area contributed by atoms with Crippen LogP contribution in [0.4, 0.5) is 11.5 Å². The molecule has 0 aliphatic carbocycles. The van der Waals surface area contributed by atoms with E-state index in [1.54, 1.807) is 0 Å². The molecule has 1 aliphatic rings. The largest absolute Gasteiger partial charge is 0.378 e. The highest BCUT2D eigenvalue weighted by molar-refractivity contribution is 7.89. The van der Waals surface area contributed by atoms with Gasteiger partial charge >= 0.3 is 5.69 Å². The molecule has 9 nitrogen and oxygen atoms in total. The van der Waals surface area contributed by atoms with Crippen molar-refractivity contribution in [2.75, 3.05) is 31.9 Å². The fourth-order valence-corrected chi connectivity index (χ4v) is 3.17. The van der Waals surface area contributed by atoms with Gasteiger partial charge in [-0.25, -0.2) is 13.4 Å². The van der Waals surface area contributed by atoms with Crippen molar-refractivity contribution in [1.29, 1.82) is 0 Å². The number of nitro groups is 1. The molecule has 2 heterocycles. The molecule has 0 radical (unpaired) electrons. The lowest BCUT2D eigenvalue weighted by molar-refractivity contribution is -0.384. The first-order chi connectivity index (χ1) is 8.93. The van der Waals surface area contributed by atoms with E-state index in [2.05, 4.69) is 10.3 Å². The number of hydrogen-bond donors (Lipinski definition) is 2. The van der Waals surface area contributed by atoms with Crippen LogP contribution in [0.5, 0.6) is 0 Å². The topological polar surface area (TPSA) is 131 Å². The predicted octanol–water partition coefficient (Wildman–Crippen LogP) is -0.834. The first-order valence-corrected chi connectivity index (χ1v) is 6.97. The zero-order valence-corrected chi connectivity index (χ0v) is 10.8. The van der Waals surface area contributed by atoms with Gasteiger partial charge in [0, 0.05) is 38.4 Å². The van der Waals surface area contributed by atoms with Gasteiger partial charge in [-0.3, -0.25) is 10.1 Å². The molecule has 1 aromatic heterocycles. The quantitative estimate of drug-likeness (QED) is 0.547. The Morgan fingerprint density at radius 3 is 2.63 bits per heavy atom. The number of nitrogens with one attached hydrogen (secondary N) is 1. The van der Waals surface area contributed by atoms with Crippen LogP contribution >= 0.6 is 0 Å². The Hall–Kier alpha value is -1.78. The number of nitrogen functional groups attached to an aromatic ring is 1. The molecule has 19 heavy (non-hydrogen) atoms. The number of piperazine rings is 1. The molecule has 0 aromatic carbocycles. The average Bonchev–Trinajstić information content (AvgIpc) is 2.39. The summed E-state index contributed by atoms with van der Waals surface area (Å²) in [7, 11) is -3.76. The Morgan fingerprint density at radius 2 is 2.05 bits per heavy atom. The minimum Gasteiger partial charge on any atom is -0.378 e. The summed E-state index contributed by atoms with van der Waals surface area (Å²) in [4.78, 5) is 13.4. The second kappa shape index (κ2) is 5.07. The Balaban J connectivity index is 2.40. The van der Waals surface area contributed by atoms with Crippen LogP contribution in [-0.2, 0) is 10.0 Å². The van der Waals surface area contributed by atoms with Crippen LogP contribution in [0, 0.1) is 10.1 Å². The van der Waals surface area contributed by atoms with Gasteiger partial charge in [-0.2, -0.15) is 4.31 Å². The molecule has 0 amide bonds. The standard InChI is InChI=1S/C9H13N5O4S/c10-9-8(14(15)16)5-7(6-12-9)19(17,18)13-3-1-11-2-4-13/h5-6,11H,1-4H2,(H2,10,12). The lowest BCUT2D eigenvalue weighted by Crippen LogP contribution is -2.46. The third-order valence-corrected chi connectivity index (χ3v) is 4.65. The minimum atomic E-state index is -3.76. The summed E-state index contributed by atoms with van der Waals surface area (Å²) in [6, 6.07) is 0.944. The SMILES string of the molecule is Nc1ncc(S(=O)(=O)N2CCNCC2)cc1[N+](=O)[O-]. The summed E-state index contributed by atoms with van der Waals surface area (Å²) in [5.74, 6) is -0.302. The van der Waals surface area contributed by atoms with Gasteiger partial charge in [0.25, 0.3) is 0 Å². The molecular weight excluding hydrogens is 274 g/mol. The van der Waals surface area contributed by atoms with Gasteiger partial charge in [0.2, 0.25) is 15.8 Å². The number of hydrogen-bond acceptors (Lipinski definition) is 7. The second-order valence-corrected chi connectivity index (χ2v) is 5.92. The van der Waals surface area contributed by atoms with Crippen molar-refractivity contribution in [2.24, 2.45) is 0 Å². The maximum atomic E-state index is 12.3. The first kappa shape index (κ1) is 13.6. The van der Waals surface area contributed by atoms with Gasteiger partial charge in [-0.15, -0.1) is 0 Å². The van der Waals surface area contributed by atoms with Crippen molar-refractivity contribution < 1.29 is 13.3 Å². The van der Waals surface area contributed by atoms with Gasteiger partial charge in [-0.05, 0) is 0 Å². The van der Waals surface area contributed by atoms with Crippen molar-refractivity contribution in [1.82, 2.24) is 14.6 Å². The van der Waals surface area contributed by atoms with Crippen molar-refractivity contribution >= 4 is 21.5 Å². The maximum absolute atomic E-state index is 12.3. The summed E-state index contributed by atoms with van der Waals surface area (Å²) in [5.41, 5.74) is 4.84. The van der Waals surface area contributed by atoms with E-state index in [1.807, 2.05) is 0 Å². The number of aromatic nitrogens is 1. The number of sulfonamides is 1. The van der Waals surface area contributed by atoms with Crippen LogP contribution in [-0.4, -0.2) is 48.8 Å². The first-order valence-electron chi connectivity index (χ1n) is 5.53. The normalized spacial score (nSPS) is 17.3. The van der Waals surface area contributed by atoms with E-state index in [9.17, 15) is 18.5 Å². The van der Waals surface area contributed by atoms with Crippen LogP contribution in [0.1, 0.15) is 0 Å². The predicted molar refractivity (Wildman–Crippen MR) is 66.9 cm³/mol. The van der Waals surface area contributed by atoms with E-state index in [0.29, 0.717) is 26.2 Å². The molecule has 0 unspecified atom stereocenters. The summed E-state index contributed by atoms with van der Waals surface area (Å²) < 4.78 is 25.8. The lowest BCUT2D eigenvalue weighted by Gasteiger charge is -2.26. The molecule has 0 bridgehead atoms. The number of nitrogens with zero attached hydrogens (tertiary/aromatic N) is 3. The van der Waals surface area contributed by atoms with Gasteiger partial charge in [-0.1, -0.05) is 0 Å². The van der Waals surface area contributed by atoms with Crippen molar-refractivity contribution in [3.05, 3.63) is 22.4 Å². The van der Waals surface area contributed by atoms with Crippen LogP contribution < -0.4 is 11.1 Å². The van der Waals surface area contributed by atoms with Crippen LogP contribution in [0.25, 0.3) is 0 Å². The zero-order valence-electron chi connectivity index (χ0n) is 9.94. The highest BCUT2D eigenvalue weighted by Gasteiger charge is 2.28. The second-order valence-electron chi connectivity index (χ2n) is 3.99. The molecule has 0 spiro atoms. The lowest BCUT2D eigenvalue weighted by atomic mass is 10.4. The Morgan fingerprint density at radius 1 is 1.42 bits per heavy atom. The van der Waals surface area contributed by atoms with Gasteiger partial charge in [0.15, 0.2) is 0 Å². The molecule has 0 atom stereocenters. The van der Waals surface area contributed by atoms with Gasteiger partial charge in [0.1, 0.15) is 4.90 Å². The van der Waals surface area contributed by atoms with Crippen molar-refractivity contribution in [3.8, 4) is 0 Å². The molecule has 0 saturated carbocycles. The average molecular weight is 287 g/mol. The number of nitrogens with two attached hydrogens (primary N) is 1. The van der Waals surface area contributed by atoms with Crippen LogP contribution in [0.2, 0.25) is 0 Å². The van der Waals surface area contributed by atoms with Crippen LogP contribution in [0.3, 0.4) is 0 Å². The Labute approximate surface area is 109 Å². The molecular formula is C9H13N5O4S. The van der Waals surface area contributed by atoms with E-state index in [4.69, 9.17) is 5.73 Å². The van der Waals surface area contributed by atoms with E-state index in [-0.39, 0.29) is 10.7 Å². The number of rotatable bonds is 3. The zero-order chi connectivity index (χ0) is 14.0. The summed E-state index contributed by atoms with van der Waals surface area (Å²) in [6.07, 6.45) is 1.04. The monoisotopic (exact) mass is 287 g/mol. The van der Waals surface area contributed by atoms with E-state index < -0.39 is 20.6 Å². The third-order valence-electron chi connectivity index (χ3n) is 2.78. The van der Waals surface area contributed by atoms with Crippen LogP contribution in [0.15, 0.2) is 17.2 Å². The molecule has 104 valence electrons. The molecule has 2 rings (SSSR count). The van der Waals surface area contributed by atoms with Crippen molar-refractivity contribution in [2.45, 2.75) is 4.90 Å². The van der Waals surface area contributed by atoms with Crippen molar-refractivity contribution in [3.63, 3.8) is 0 Å². The van der Waals surface area contributed by atoms with E-state index in [1.165, 1.54) is 4.31 Å². The Kier molecular flexibility index (Phi) is 3.64. The Bertz CT molecular complexity index is 597. The molecule has 1 fully saturated rings. The van der Waals surface area contributed by atoms with E-state index in [0.717, 1.165) is 12.3 Å². The fraction of sp³-hybridized carbons (Fsp3) is 0.444. The molecule has 1 saturated heterocycles. The van der Waals surface area contributed by atoms with Gasteiger partial charge in [0.05, 0.1) is 4.92 Å². The van der Waals surface area contributed by atoms with E-state index >= 15 is 0 Å². The number of pyridine rings is 1. The molecule has 3 N–H and O–H groups in total. The third kappa shape index (κ3) is 2.64. The van der Waals surface area contributed by atoms with Gasteiger partial charge < -0.3 is 11.1 Å². The molecule has 1 aliphatic heterocycles. The maximum Gasteiger partial charge on any atom is 0.312 e. The molecule has 1 aromatic rings. The highest BCUT2D eigenvalue weighted by atomic mass is 32.2. The fourth-order valence-electron chi connectivity index (χ4n) is 1.77. The molecule has 10 heteroatoms. The summed E-state index contributed by atoms with van der Waals surface area (Å²) in [5, 5.41) is 13.8. The minimum absolute atomic E-state index is 0.213. The summed E-state index contributed by atoms with van der Waals surface area (Å²) >= 11 is 0.